The van der Waals surface area contributed by atoms with Gasteiger partial charge in [-0.25, -0.2) is 4.79 Å². The van der Waals surface area contributed by atoms with Crippen molar-refractivity contribution in [2.45, 2.75) is 45.3 Å². The SMILES string of the molecule is CC(C)(C)OC(=O)N1CCCC1/C=C\CO. The first kappa shape index (κ1) is 13.0. The molecular weight excluding hydrogens is 206 g/mol. The molecule has 1 saturated heterocycles. The van der Waals surface area contributed by atoms with Gasteiger partial charge in [0.15, 0.2) is 0 Å². The lowest BCUT2D eigenvalue weighted by Gasteiger charge is -2.27. The number of ether oxygens (including phenoxy) is 1. The summed E-state index contributed by atoms with van der Waals surface area (Å²) in [4.78, 5) is 13.6. The normalized spacial score (nSPS) is 21.8. The smallest absolute Gasteiger partial charge is 0.410 e. The molecule has 1 aliphatic heterocycles. The molecule has 1 N–H and O–H groups in total. The van der Waals surface area contributed by atoms with Gasteiger partial charge in [-0.3, -0.25) is 0 Å². The molecule has 1 rings (SSSR count). The molecule has 16 heavy (non-hydrogen) atoms. The Morgan fingerprint density at radius 2 is 2.25 bits per heavy atom. The summed E-state index contributed by atoms with van der Waals surface area (Å²) in [5.41, 5.74) is -0.453. The molecule has 0 spiro atoms. The number of likely N-dealkylation sites (tertiary alicyclic amines) is 1. The van der Waals surface area contributed by atoms with E-state index < -0.39 is 5.60 Å². The van der Waals surface area contributed by atoms with E-state index >= 15 is 0 Å². The second-order valence-corrected chi connectivity index (χ2v) is 4.99. The Morgan fingerprint density at radius 1 is 1.56 bits per heavy atom. The molecule has 0 aromatic heterocycles. The number of hydrogen-bond acceptors (Lipinski definition) is 3. The summed E-state index contributed by atoms with van der Waals surface area (Å²) in [5, 5.41) is 8.72. The summed E-state index contributed by atoms with van der Waals surface area (Å²) < 4.78 is 5.32. The van der Waals surface area contributed by atoms with Gasteiger partial charge in [-0.15, -0.1) is 0 Å². The van der Waals surface area contributed by atoms with Gasteiger partial charge < -0.3 is 14.7 Å². The van der Waals surface area contributed by atoms with E-state index in [4.69, 9.17) is 9.84 Å². The minimum Gasteiger partial charge on any atom is -0.444 e. The Kier molecular flexibility index (Phi) is 4.35. The van der Waals surface area contributed by atoms with E-state index in [1.54, 1.807) is 11.0 Å². The van der Waals surface area contributed by atoms with Gasteiger partial charge >= 0.3 is 6.09 Å². The van der Waals surface area contributed by atoms with Crippen molar-refractivity contribution in [3.05, 3.63) is 12.2 Å². The molecule has 0 aromatic carbocycles. The van der Waals surface area contributed by atoms with Gasteiger partial charge in [0.2, 0.25) is 0 Å². The summed E-state index contributed by atoms with van der Waals surface area (Å²) in [6, 6.07) is 0.0713. The number of carbonyl (C=O) groups excluding carboxylic acids is 1. The summed E-state index contributed by atoms with van der Waals surface area (Å²) in [6.07, 6.45) is 5.21. The molecule has 0 bridgehead atoms. The third-order valence-electron chi connectivity index (χ3n) is 2.39. The molecule has 0 saturated carbocycles. The van der Waals surface area contributed by atoms with Crippen molar-refractivity contribution in [1.82, 2.24) is 4.90 Å². The molecule has 0 aromatic rings. The number of nitrogens with zero attached hydrogens (tertiary/aromatic N) is 1. The molecule has 4 heteroatoms. The van der Waals surface area contributed by atoms with Crippen molar-refractivity contribution in [2.24, 2.45) is 0 Å². The maximum absolute atomic E-state index is 11.8. The second-order valence-electron chi connectivity index (χ2n) is 4.99. The third-order valence-corrected chi connectivity index (χ3v) is 2.39. The van der Waals surface area contributed by atoms with Gasteiger partial charge in [0.25, 0.3) is 0 Å². The highest BCUT2D eigenvalue weighted by Crippen LogP contribution is 2.21. The predicted molar refractivity (Wildman–Crippen MR) is 62.2 cm³/mol. The summed E-state index contributed by atoms with van der Waals surface area (Å²) in [5.74, 6) is 0. The molecule has 1 amide bonds. The van der Waals surface area contributed by atoms with Gasteiger partial charge in [0, 0.05) is 6.54 Å². The minimum absolute atomic E-state index is 0.0126. The number of aliphatic hydroxyl groups excluding tert-OH is 1. The lowest BCUT2D eigenvalue weighted by molar-refractivity contribution is 0.0255. The first-order valence-electron chi connectivity index (χ1n) is 5.71. The topological polar surface area (TPSA) is 49.8 Å². The van der Waals surface area contributed by atoms with E-state index in [9.17, 15) is 4.79 Å². The van der Waals surface area contributed by atoms with Gasteiger partial charge in [-0.2, -0.15) is 0 Å². The van der Waals surface area contributed by atoms with Crippen molar-refractivity contribution in [2.75, 3.05) is 13.2 Å². The minimum atomic E-state index is -0.453. The van der Waals surface area contributed by atoms with E-state index in [2.05, 4.69) is 0 Å². The molecule has 0 radical (unpaired) electrons. The van der Waals surface area contributed by atoms with Gasteiger partial charge in [0.1, 0.15) is 5.60 Å². The maximum atomic E-state index is 11.8. The van der Waals surface area contributed by atoms with Crippen LogP contribution in [-0.2, 0) is 4.74 Å². The number of carbonyl (C=O) groups is 1. The molecule has 1 fully saturated rings. The van der Waals surface area contributed by atoms with E-state index in [0.29, 0.717) is 0 Å². The zero-order valence-corrected chi connectivity index (χ0v) is 10.3. The van der Waals surface area contributed by atoms with Gasteiger partial charge in [-0.1, -0.05) is 12.2 Å². The average Bonchev–Trinajstić information content (AvgIpc) is 2.59. The standard InChI is InChI=1S/C12H21NO3/c1-12(2,3)16-11(15)13-8-4-6-10(13)7-5-9-14/h5,7,10,14H,4,6,8-9H2,1-3H3/b7-5-. The third kappa shape index (κ3) is 3.85. The fourth-order valence-electron chi connectivity index (χ4n) is 1.76. The van der Waals surface area contributed by atoms with E-state index in [1.165, 1.54) is 0 Å². The second kappa shape index (κ2) is 5.34. The molecule has 0 aliphatic carbocycles. The Hall–Kier alpha value is -1.03. The molecule has 1 aliphatic rings. The lowest BCUT2D eigenvalue weighted by atomic mass is 10.2. The fraction of sp³-hybridized carbons (Fsp3) is 0.750. The maximum Gasteiger partial charge on any atom is 0.410 e. The van der Waals surface area contributed by atoms with Crippen LogP contribution in [0.2, 0.25) is 0 Å². The first-order chi connectivity index (χ1) is 7.44. The Bertz CT molecular complexity index is 268. The highest BCUT2D eigenvalue weighted by atomic mass is 16.6. The molecule has 1 heterocycles. The highest BCUT2D eigenvalue weighted by molar-refractivity contribution is 5.69. The molecule has 4 nitrogen and oxygen atoms in total. The predicted octanol–water partition coefficient (Wildman–Crippen LogP) is 1.93. The van der Waals surface area contributed by atoms with Crippen LogP contribution in [0.15, 0.2) is 12.2 Å². The highest BCUT2D eigenvalue weighted by Gasteiger charge is 2.30. The largest absolute Gasteiger partial charge is 0.444 e. The Labute approximate surface area is 96.9 Å². The first-order valence-corrected chi connectivity index (χ1v) is 5.71. The summed E-state index contributed by atoms with van der Waals surface area (Å²) >= 11 is 0. The molecule has 1 unspecified atom stereocenters. The van der Waals surface area contributed by atoms with Crippen LogP contribution >= 0.6 is 0 Å². The van der Waals surface area contributed by atoms with Crippen LogP contribution in [-0.4, -0.2) is 40.9 Å². The van der Waals surface area contributed by atoms with Crippen LogP contribution in [0.5, 0.6) is 0 Å². The average molecular weight is 227 g/mol. The van der Waals surface area contributed by atoms with Crippen molar-refractivity contribution >= 4 is 6.09 Å². The summed E-state index contributed by atoms with van der Waals surface area (Å²) in [7, 11) is 0. The molecule has 1 atom stereocenters. The number of hydrogen-bond donors (Lipinski definition) is 1. The van der Waals surface area contributed by atoms with Crippen LogP contribution in [0.25, 0.3) is 0 Å². The van der Waals surface area contributed by atoms with Crippen molar-refractivity contribution in [3.8, 4) is 0 Å². The lowest BCUT2D eigenvalue weighted by Crippen LogP contribution is -2.39. The number of amides is 1. The van der Waals surface area contributed by atoms with Crippen molar-refractivity contribution in [3.63, 3.8) is 0 Å². The Balaban J connectivity index is 2.57. The van der Waals surface area contributed by atoms with Crippen LogP contribution in [0.1, 0.15) is 33.6 Å². The van der Waals surface area contributed by atoms with Crippen molar-refractivity contribution in [1.29, 1.82) is 0 Å². The molecular formula is C12H21NO3. The fourth-order valence-corrected chi connectivity index (χ4v) is 1.76. The van der Waals surface area contributed by atoms with Crippen LogP contribution in [0.3, 0.4) is 0 Å². The van der Waals surface area contributed by atoms with E-state index in [0.717, 1.165) is 19.4 Å². The van der Waals surface area contributed by atoms with E-state index in [1.807, 2.05) is 26.8 Å². The van der Waals surface area contributed by atoms with Crippen LogP contribution in [0, 0.1) is 0 Å². The monoisotopic (exact) mass is 227 g/mol. The van der Waals surface area contributed by atoms with Crippen LogP contribution in [0.4, 0.5) is 4.79 Å². The Morgan fingerprint density at radius 3 is 2.81 bits per heavy atom. The summed E-state index contributed by atoms with van der Waals surface area (Å²) in [6.45, 7) is 6.33. The van der Waals surface area contributed by atoms with Crippen LogP contribution < -0.4 is 0 Å². The van der Waals surface area contributed by atoms with Gasteiger partial charge in [-0.05, 0) is 33.6 Å². The number of rotatable bonds is 2. The van der Waals surface area contributed by atoms with E-state index in [-0.39, 0.29) is 18.7 Å². The van der Waals surface area contributed by atoms with Gasteiger partial charge in [0.05, 0.1) is 12.6 Å². The van der Waals surface area contributed by atoms with Crippen molar-refractivity contribution < 1.29 is 14.6 Å². The number of aliphatic hydroxyl groups is 1. The zero-order valence-electron chi connectivity index (χ0n) is 10.3. The quantitative estimate of drug-likeness (QED) is 0.733. The molecule has 92 valence electrons. The zero-order chi connectivity index (χ0) is 12.2.